The van der Waals surface area contributed by atoms with Crippen LogP contribution in [0.3, 0.4) is 0 Å². The van der Waals surface area contributed by atoms with Crippen LogP contribution in [0, 0.1) is 19.7 Å². The zero-order chi connectivity index (χ0) is 22.2. The number of carbonyl (C=O) groups excluding carboxylic acids is 2. The highest BCUT2D eigenvalue weighted by Crippen LogP contribution is 2.18. The van der Waals surface area contributed by atoms with Gasteiger partial charge in [0.1, 0.15) is 18.2 Å². The van der Waals surface area contributed by atoms with E-state index in [1.54, 1.807) is 54.6 Å². The topological polar surface area (TPSA) is 79.8 Å². The maximum Gasteiger partial charge on any atom is 0.329 e. The minimum Gasteiger partial charge on any atom is -0.488 e. The standard InChI is InChI=1S/C24H22FN3O3/c1-16-11-12-20(13-17(16)2)27-23(29)24(30)28-26-14-18-7-4-6-10-22(18)31-15-19-8-3-5-9-21(19)25/h3-14H,15H2,1-2H3,(H,27,29)(H,28,30)/b26-14-. The highest BCUT2D eigenvalue weighted by atomic mass is 19.1. The van der Waals surface area contributed by atoms with Gasteiger partial charge in [0.15, 0.2) is 0 Å². The molecule has 0 bridgehead atoms. The number of hydrogen-bond acceptors (Lipinski definition) is 4. The van der Waals surface area contributed by atoms with E-state index in [1.807, 2.05) is 19.9 Å². The van der Waals surface area contributed by atoms with Crippen molar-refractivity contribution in [1.82, 2.24) is 5.43 Å². The SMILES string of the molecule is Cc1ccc(NC(=O)C(=O)N/N=C\c2ccccc2OCc2ccccc2F)cc1C. The van der Waals surface area contributed by atoms with Gasteiger partial charge in [0, 0.05) is 16.8 Å². The van der Waals surface area contributed by atoms with Crippen LogP contribution >= 0.6 is 0 Å². The van der Waals surface area contributed by atoms with Crippen molar-refractivity contribution < 1.29 is 18.7 Å². The van der Waals surface area contributed by atoms with Gasteiger partial charge in [-0.1, -0.05) is 36.4 Å². The second-order valence-electron chi connectivity index (χ2n) is 6.87. The summed E-state index contributed by atoms with van der Waals surface area (Å²) >= 11 is 0. The molecule has 0 aliphatic rings. The molecule has 0 radical (unpaired) electrons. The van der Waals surface area contributed by atoms with E-state index in [2.05, 4.69) is 15.8 Å². The molecule has 31 heavy (non-hydrogen) atoms. The third-order valence-corrected chi connectivity index (χ3v) is 4.60. The van der Waals surface area contributed by atoms with E-state index in [4.69, 9.17) is 4.74 Å². The van der Waals surface area contributed by atoms with Crippen LogP contribution in [0.15, 0.2) is 71.8 Å². The van der Waals surface area contributed by atoms with Gasteiger partial charge in [-0.3, -0.25) is 9.59 Å². The summed E-state index contributed by atoms with van der Waals surface area (Å²) in [6.07, 6.45) is 1.36. The van der Waals surface area contributed by atoms with Gasteiger partial charge in [-0.2, -0.15) is 5.10 Å². The number of para-hydroxylation sites is 1. The van der Waals surface area contributed by atoms with Gasteiger partial charge in [-0.25, -0.2) is 9.82 Å². The molecule has 0 saturated heterocycles. The first-order valence-corrected chi connectivity index (χ1v) is 9.61. The predicted octanol–water partition coefficient (Wildman–Crippen LogP) is 4.11. The van der Waals surface area contributed by atoms with E-state index in [9.17, 15) is 14.0 Å². The van der Waals surface area contributed by atoms with Crippen LogP contribution in [0.5, 0.6) is 5.75 Å². The second-order valence-corrected chi connectivity index (χ2v) is 6.87. The van der Waals surface area contributed by atoms with E-state index >= 15 is 0 Å². The zero-order valence-corrected chi connectivity index (χ0v) is 17.2. The van der Waals surface area contributed by atoms with Crippen LogP contribution in [0.2, 0.25) is 0 Å². The number of nitrogens with zero attached hydrogens (tertiary/aromatic N) is 1. The summed E-state index contributed by atoms with van der Waals surface area (Å²) in [4.78, 5) is 24.1. The molecule has 0 fully saturated rings. The normalized spacial score (nSPS) is 10.7. The summed E-state index contributed by atoms with van der Waals surface area (Å²) in [5.74, 6) is -1.62. The third-order valence-electron chi connectivity index (χ3n) is 4.60. The fraction of sp³-hybridized carbons (Fsp3) is 0.125. The molecule has 2 amide bonds. The lowest BCUT2D eigenvalue weighted by atomic mass is 10.1. The summed E-state index contributed by atoms with van der Waals surface area (Å²) in [6.45, 7) is 3.92. The number of halogens is 1. The Kier molecular flexibility index (Phi) is 7.11. The molecule has 158 valence electrons. The van der Waals surface area contributed by atoms with Gasteiger partial charge < -0.3 is 10.1 Å². The first-order chi connectivity index (χ1) is 14.9. The number of rotatable bonds is 6. The Labute approximate surface area is 179 Å². The van der Waals surface area contributed by atoms with E-state index in [0.29, 0.717) is 22.6 Å². The number of ether oxygens (including phenoxy) is 1. The minimum atomic E-state index is -0.903. The molecule has 2 N–H and O–H groups in total. The van der Waals surface area contributed by atoms with Crippen molar-refractivity contribution in [2.45, 2.75) is 20.5 Å². The molecule has 6 nitrogen and oxygen atoms in total. The number of hydrazone groups is 1. The lowest BCUT2D eigenvalue weighted by Gasteiger charge is -2.09. The molecule has 7 heteroatoms. The molecule has 0 saturated carbocycles. The molecule has 0 unspecified atom stereocenters. The Bertz CT molecular complexity index is 1130. The van der Waals surface area contributed by atoms with Crippen molar-refractivity contribution in [3.8, 4) is 5.75 Å². The summed E-state index contributed by atoms with van der Waals surface area (Å²) in [6, 6.07) is 18.7. The first-order valence-electron chi connectivity index (χ1n) is 9.61. The molecule has 3 aromatic carbocycles. The largest absolute Gasteiger partial charge is 0.488 e. The third kappa shape index (κ3) is 5.99. The van der Waals surface area contributed by atoms with Gasteiger partial charge >= 0.3 is 11.8 Å². The van der Waals surface area contributed by atoms with Gasteiger partial charge in [-0.15, -0.1) is 0 Å². The van der Waals surface area contributed by atoms with Gasteiger partial charge in [0.2, 0.25) is 0 Å². The van der Waals surface area contributed by atoms with Crippen LogP contribution < -0.4 is 15.5 Å². The Hall–Kier alpha value is -4.00. The molecule has 0 aromatic heterocycles. The van der Waals surface area contributed by atoms with E-state index in [-0.39, 0.29) is 12.4 Å². The predicted molar refractivity (Wildman–Crippen MR) is 117 cm³/mol. The summed E-state index contributed by atoms with van der Waals surface area (Å²) in [7, 11) is 0. The average Bonchev–Trinajstić information content (AvgIpc) is 2.76. The number of aryl methyl sites for hydroxylation is 2. The lowest BCUT2D eigenvalue weighted by molar-refractivity contribution is -0.136. The Morgan fingerprint density at radius 2 is 1.71 bits per heavy atom. The highest BCUT2D eigenvalue weighted by molar-refractivity contribution is 6.39. The van der Waals surface area contributed by atoms with Crippen LogP contribution in [0.25, 0.3) is 0 Å². The van der Waals surface area contributed by atoms with Gasteiger partial charge in [-0.05, 0) is 55.3 Å². The molecule has 0 spiro atoms. The number of nitrogens with one attached hydrogen (secondary N) is 2. The van der Waals surface area contributed by atoms with Crippen molar-refractivity contribution in [3.05, 3.63) is 94.8 Å². The Morgan fingerprint density at radius 1 is 0.968 bits per heavy atom. The molecule has 0 aliphatic heterocycles. The van der Waals surface area contributed by atoms with E-state index in [1.165, 1.54) is 12.3 Å². The number of benzene rings is 3. The minimum absolute atomic E-state index is 0.0439. The fourth-order valence-corrected chi connectivity index (χ4v) is 2.71. The van der Waals surface area contributed by atoms with E-state index < -0.39 is 11.8 Å². The molecular formula is C24H22FN3O3. The van der Waals surface area contributed by atoms with Gasteiger partial charge in [0.05, 0.1) is 6.21 Å². The monoisotopic (exact) mass is 419 g/mol. The first kappa shape index (κ1) is 21.7. The maximum atomic E-state index is 13.8. The molecule has 0 atom stereocenters. The maximum absolute atomic E-state index is 13.8. The molecule has 3 aromatic rings. The van der Waals surface area contributed by atoms with E-state index in [0.717, 1.165) is 11.1 Å². The van der Waals surface area contributed by atoms with Crippen LogP contribution in [-0.4, -0.2) is 18.0 Å². The van der Waals surface area contributed by atoms with Gasteiger partial charge in [0.25, 0.3) is 0 Å². The fourth-order valence-electron chi connectivity index (χ4n) is 2.71. The Balaban J connectivity index is 1.59. The average molecular weight is 419 g/mol. The zero-order valence-electron chi connectivity index (χ0n) is 17.2. The quantitative estimate of drug-likeness (QED) is 0.359. The van der Waals surface area contributed by atoms with Crippen molar-refractivity contribution in [3.63, 3.8) is 0 Å². The number of amides is 2. The summed E-state index contributed by atoms with van der Waals surface area (Å²) < 4.78 is 19.5. The van der Waals surface area contributed by atoms with Crippen molar-refractivity contribution >= 4 is 23.7 Å². The summed E-state index contributed by atoms with van der Waals surface area (Å²) in [5, 5.41) is 6.36. The van der Waals surface area contributed by atoms with Crippen LogP contribution in [0.1, 0.15) is 22.3 Å². The van der Waals surface area contributed by atoms with Crippen molar-refractivity contribution in [1.29, 1.82) is 0 Å². The smallest absolute Gasteiger partial charge is 0.329 e. The van der Waals surface area contributed by atoms with Crippen molar-refractivity contribution in [2.75, 3.05) is 5.32 Å². The van der Waals surface area contributed by atoms with Crippen molar-refractivity contribution in [2.24, 2.45) is 5.10 Å². The Morgan fingerprint density at radius 3 is 2.48 bits per heavy atom. The lowest BCUT2D eigenvalue weighted by Crippen LogP contribution is -2.32. The molecular weight excluding hydrogens is 397 g/mol. The summed E-state index contributed by atoms with van der Waals surface area (Å²) in [5.41, 5.74) is 5.79. The number of carbonyl (C=O) groups is 2. The number of hydrogen-bond donors (Lipinski definition) is 2. The van der Waals surface area contributed by atoms with Crippen LogP contribution in [-0.2, 0) is 16.2 Å². The molecule has 0 aliphatic carbocycles. The van der Waals surface area contributed by atoms with Crippen LogP contribution in [0.4, 0.5) is 10.1 Å². The molecule has 3 rings (SSSR count). The molecule has 0 heterocycles. The second kappa shape index (κ2) is 10.2. The highest BCUT2D eigenvalue weighted by Gasteiger charge is 2.13. The number of anilines is 1.